The second-order valence-corrected chi connectivity index (χ2v) is 32.8. The van der Waals surface area contributed by atoms with Crippen molar-refractivity contribution in [1.29, 1.82) is 0 Å². The molecular formula is C29H52N2SiSn. The van der Waals surface area contributed by atoms with E-state index in [-0.39, 0.29) is 0 Å². The molecule has 0 N–H and O–H groups in total. The summed E-state index contributed by atoms with van der Waals surface area (Å²) in [6, 6.07) is 5.80. The number of rotatable bonds is 10. The first-order chi connectivity index (χ1) is 15.4. The molecule has 1 heterocycles. The molecule has 0 amide bonds. The van der Waals surface area contributed by atoms with E-state index in [1.54, 1.807) is 25.6 Å². The molecule has 0 saturated carbocycles. The van der Waals surface area contributed by atoms with Gasteiger partial charge in [-0.2, -0.15) is 0 Å². The predicted octanol–water partition coefficient (Wildman–Crippen LogP) is 7.80. The third kappa shape index (κ3) is 4.77. The number of benzene rings is 1. The molecule has 3 rings (SSSR count). The predicted molar refractivity (Wildman–Crippen MR) is 155 cm³/mol. The van der Waals surface area contributed by atoms with Crippen molar-refractivity contribution in [2.75, 3.05) is 13.1 Å². The molecule has 0 bridgehead atoms. The van der Waals surface area contributed by atoms with Crippen LogP contribution in [0.3, 0.4) is 0 Å². The van der Waals surface area contributed by atoms with Crippen molar-refractivity contribution in [2.45, 2.75) is 119 Å². The van der Waals surface area contributed by atoms with Crippen LogP contribution in [0.2, 0.25) is 31.4 Å². The van der Waals surface area contributed by atoms with Crippen LogP contribution in [0, 0.1) is 0 Å². The van der Waals surface area contributed by atoms with Crippen molar-refractivity contribution >= 4 is 41.1 Å². The van der Waals surface area contributed by atoms with Crippen molar-refractivity contribution in [1.82, 2.24) is 9.13 Å². The van der Waals surface area contributed by atoms with E-state index in [1.807, 2.05) is 0 Å². The molecule has 0 unspecified atom stereocenters. The minimum absolute atomic E-state index is 0.666. The van der Waals surface area contributed by atoms with E-state index in [0.29, 0.717) is 6.04 Å². The Kier molecular flexibility index (Phi) is 8.60. The Morgan fingerprint density at radius 2 is 1.45 bits per heavy atom. The quantitative estimate of drug-likeness (QED) is 0.263. The Balaban J connectivity index is 2.30. The zero-order valence-electron chi connectivity index (χ0n) is 23.7. The zero-order valence-corrected chi connectivity index (χ0v) is 27.5. The molecule has 1 aliphatic rings. The van der Waals surface area contributed by atoms with Gasteiger partial charge in [0.25, 0.3) is 0 Å². The molecule has 33 heavy (non-hydrogen) atoms. The van der Waals surface area contributed by atoms with Gasteiger partial charge in [0.1, 0.15) is 0 Å². The average Bonchev–Trinajstić information content (AvgIpc) is 3.06. The van der Waals surface area contributed by atoms with Gasteiger partial charge in [0.2, 0.25) is 0 Å². The van der Waals surface area contributed by atoms with Gasteiger partial charge in [-0.1, -0.05) is 0 Å². The van der Waals surface area contributed by atoms with Crippen LogP contribution in [0.25, 0.3) is 10.9 Å². The first-order valence-electron chi connectivity index (χ1n) is 13.8. The van der Waals surface area contributed by atoms with Crippen LogP contribution in [0.4, 0.5) is 0 Å². The topological polar surface area (TPSA) is 8.17 Å². The number of hydrogen-bond donors (Lipinski definition) is 0. The fraction of sp³-hybridized carbons (Fsp3) is 0.724. The summed E-state index contributed by atoms with van der Waals surface area (Å²) in [6.45, 7) is 22.2. The molecule has 2 nitrogen and oxygen atoms in total. The third-order valence-electron chi connectivity index (χ3n) is 8.59. The van der Waals surface area contributed by atoms with Crippen molar-refractivity contribution in [3.05, 3.63) is 29.5 Å². The van der Waals surface area contributed by atoms with Crippen molar-refractivity contribution in [3.8, 4) is 0 Å². The number of hydrogen-bond acceptors (Lipinski definition) is 1. The molecule has 2 aromatic rings. The van der Waals surface area contributed by atoms with Gasteiger partial charge in [0.05, 0.1) is 0 Å². The molecule has 1 aliphatic carbocycles. The van der Waals surface area contributed by atoms with Gasteiger partial charge in [-0.15, -0.1) is 0 Å². The molecule has 1 aromatic heterocycles. The summed E-state index contributed by atoms with van der Waals surface area (Å²) in [5.41, 5.74) is 7.14. The van der Waals surface area contributed by atoms with E-state index in [0.717, 1.165) is 16.6 Å². The summed E-state index contributed by atoms with van der Waals surface area (Å²) in [7, 11) is -1.78. The summed E-state index contributed by atoms with van der Waals surface area (Å²) in [4.78, 5) is 10.6. The van der Waals surface area contributed by atoms with Gasteiger partial charge < -0.3 is 0 Å². The van der Waals surface area contributed by atoms with Crippen molar-refractivity contribution < 1.29 is 0 Å². The van der Waals surface area contributed by atoms with E-state index in [9.17, 15) is 0 Å². The Morgan fingerprint density at radius 3 is 1.91 bits per heavy atom. The fourth-order valence-corrected chi connectivity index (χ4v) is 19.1. The van der Waals surface area contributed by atoms with Gasteiger partial charge in [-0.3, -0.25) is 0 Å². The maximum absolute atomic E-state index is 2.90. The molecule has 1 atom stereocenters. The van der Waals surface area contributed by atoms with Gasteiger partial charge in [0.15, 0.2) is 0 Å². The Hall–Kier alpha value is -0.264. The zero-order chi connectivity index (χ0) is 24.7. The summed E-state index contributed by atoms with van der Waals surface area (Å²) in [6.07, 6.45) is 7.68. The van der Waals surface area contributed by atoms with E-state index in [1.165, 1.54) is 38.8 Å². The van der Waals surface area contributed by atoms with Gasteiger partial charge >= 0.3 is 211 Å². The number of nitrogens with zero attached hydrogens (tertiary/aromatic N) is 2. The van der Waals surface area contributed by atoms with Gasteiger partial charge in [-0.25, -0.2) is 0 Å². The van der Waals surface area contributed by atoms with Crippen LogP contribution in [-0.4, -0.2) is 54.9 Å². The molecule has 0 spiro atoms. The summed E-state index contributed by atoms with van der Waals surface area (Å²) in [5, 5.41) is 1.67. The summed E-state index contributed by atoms with van der Waals surface area (Å²) < 4.78 is 4.68. The van der Waals surface area contributed by atoms with E-state index in [4.69, 9.17) is 0 Å². The molecule has 0 aliphatic heterocycles. The average molecular weight is 576 g/mol. The minimum atomic E-state index is -2.24. The monoisotopic (exact) mass is 576 g/mol. The summed E-state index contributed by atoms with van der Waals surface area (Å²) in [5.74, 6) is 0. The van der Waals surface area contributed by atoms with E-state index >= 15 is 0 Å². The fourth-order valence-electron chi connectivity index (χ4n) is 7.58. The van der Waals surface area contributed by atoms with Crippen LogP contribution in [0.1, 0.15) is 79.4 Å². The van der Waals surface area contributed by atoms with Crippen molar-refractivity contribution in [2.24, 2.45) is 0 Å². The SMILES string of the molecule is CCCN(CCC)[C@H]1Cc2cn([Si](C(C)C)(C(C)C)C(C)C)c3cc[c]([Sn]([CH3])([CH3])[CH3])c(c23)C1. The van der Waals surface area contributed by atoms with Gasteiger partial charge in [-0.05, 0) is 0 Å². The van der Waals surface area contributed by atoms with Crippen LogP contribution in [0.15, 0.2) is 18.3 Å². The second kappa shape index (κ2) is 10.4. The first-order valence-corrected chi connectivity index (χ1v) is 26.0. The Morgan fingerprint density at radius 1 is 0.909 bits per heavy atom. The maximum atomic E-state index is 2.90. The molecule has 4 heteroatoms. The van der Waals surface area contributed by atoms with Crippen LogP contribution < -0.4 is 3.58 Å². The standard InChI is InChI=1S/C26H43N2Si.3CH3.Sn/c1-9-14-27(15-10-2)24-16-22-12-11-13-25-26(22)23(17-24)18-28(25)29(19(3)4,20(5)6)21(7)8;;;;/h11,13,18-21,24H,9-10,14-17H2,1-8H3;3*1H3;/t24-;;;;/m1..../s1. The third-order valence-corrected chi connectivity index (χ3v) is 21.3. The normalized spacial score (nSPS) is 17.4. The molecule has 186 valence electrons. The Bertz CT molecular complexity index is 923. The van der Waals surface area contributed by atoms with Crippen LogP contribution >= 0.6 is 0 Å². The first kappa shape index (κ1) is 27.3. The van der Waals surface area contributed by atoms with Crippen LogP contribution in [-0.2, 0) is 12.8 Å². The van der Waals surface area contributed by atoms with E-state index in [2.05, 4.69) is 97.7 Å². The number of aromatic nitrogens is 1. The molecule has 0 fully saturated rings. The summed E-state index contributed by atoms with van der Waals surface area (Å²) >= 11 is -2.24. The van der Waals surface area contributed by atoms with E-state index < -0.39 is 26.6 Å². The molecule has 0 radical (unpaired) electrons. The van der Waals surface area contributed by atoms with Crippen molar-refractivity contribution in [3.63, 3.8) is 0 Å². The Labute approximate surface area is 210 Å². The molecular weight excluding hydrogens is 523 g/mol. The molecule has 1 aromatic carbocycles. The molecule has 0 saturated heterocycles. The van der Waals surface area contributed by atoms with Crippen LogP contribution in [0.5, 0.6) is 0 Å². The van der Waals surface area contributed by atoms with Gasteiger partial charge in [0, 0.05) is 0 Å². The second-order valence-electron chi connectivity index (χ2n) is 12.7.